The predicted molar refractivity (Wildman–Crippen MR) is 104 cm³/mol. The quantitative estimate of drug-likeness (QED) is 0.442. The number of carbonyl (C=O) groups is 2. The van der Waals surface area contributed by atoms with Crippen LogP contribution in [0.1, 0.15) is 39.5 Å². The molecule has 0 saturated heterocycles. The summed E-state index contributed by atoms with van der Waals surface area (Å²) in [5, 5.41) is 13.7. The van der Waals surface area contributed by atoms with Crippen LogP contribution in [0.5, 0.6) is 0 Å². The molecule has 26 heavy (non-hydrogen) atoms. The molecule has 0 aliphatic heterocycles. The third kappa shape index (κ3) is 7.32. The molecular weight excluding hydrogens is 378 g/mol. The van der Waals surface area contributed by atoms with Gasteiger partial charge in [0, 0.05) is 12.1 Å². The molecule has 0 aromatic rings. The fraction of sp³-hybridized carbons (Fsp3) is 0.875. The van der Waals surface area contributed by atoms with Gasteiger partial charge in [0.15, 0.2) is 9.84 Å². The van der Waals surface area contributed by atoms with E-state index in [0.29, 0.717) is 25.7 Å². The van der Waals surface area contributed by atoms with Crippen molar-refractivity contribution in [1.29, 1.82) is 0 Å². The van der Waals surface area contributed by atoms with Crippen molar-refractivity contribution in [2.24, 2.45) is 11.7 Å². The monoisotopic (exact) mass is 409 g/mol. The maximum absolute atomic E-state index is 12.4. The van der Waals surface area contributed by atoms with E-state index in [1.807, 2.05) is 6.26 Å². The molecular formula is C16H31N3O5S2. The Labute approximate surface area is 160 Å². The van der Waals surface area contributed by atoms with Crippen molar-refractivity contribution in [2.75, 3.05) is 17.8 Å². The Hall–Kier alpha value is -1.00. The third-order valence-corrected chi connectivity index (χ3v) is 7.75. The van der Waals surface area contributed by atoms with Gasteiger partial charge in [0.05, 0.1) is 17.0 Å². The van der Waals surface area contributed by atoms with Gasteiger partial charge in [-0.1, -0.05) is 0 Å². The first kappa shape index (κ1) is 23.0. The van der Waals surface area contributed by atoms with Gasteiger partial charge in [-0.3, -0.25) is 4.79 Å². The van der Waals surface area contributed by atoms with Crippen LogP contribution < -0.4 is 16.4 Å². The molecule has 1 saturated carbocycles. The van der Waals surface area contributed by atoms with E-state index in [9.17, 15) is 18.0 Å². The van der Waals surface area contributed by atoms with E-state index in [4.69, 9.17) is 10.8 Å². The topological polar surface area (TPSA) is 139 Å². The number of nitrogens with one attached hydrogen (secondary N) is 2. The van der Waals surface area contributed by atoms with E-state index < -0.39 is 27.2 Å². The first-order valence-electron chi connectivity index (χ1n) is 8.82. The van der Waals surface area contributed by atoms with E-state index in [-0.39, 0.29) is 29.7 Å². The SMILES string of the molecule is CSCC[C@H](N)C(=O)N[C@H]1CC[C@@H](NC(=O)O)C[C@H]1CS(=O)(=O)C(C)C. The summed E-state index contributed by atoms with van der Waals surface area (Å²) in [6, 6.07) is -1.25. The van der Waals surface area contributed by atoms with Gasteiger partial charge in [0.1, 0.15) is 0 Å². The Balaban J connectivity index is 2.82. The van der Waals surface area contributed by atoms with Crippen LogP contribution >= 0.6 is 11.8 Å². The standard InChI is InChI=1S/C16H31N3O5S2/c1-10(2)26(23,24)9-11-8-12(18-16(21)22)4-5-14(11)19-15(20)13(17)6-7-25-3/h10-14,18H,4-9,17H2,1-3H3,(H,19,20)(H,21,22)/t11-,12+,13-,14-/m0/s1. The second-order valence-corrected chi connectivity index (χ2v) is 10.7. The smallest absolute Gasteiger partial charge is 0.404 e. The van der Waals surface area contributed by atoms with Gasteiger partial charge < -0.3 is 21.5 Å². The van der Waals surface area contributed by atoms with Gasteiger partial charge >= 0.3 is 6.09 Å². The molecule has 1 fully saturated rings. The van der Waals surface area contributed by atoms with Crippen LogP contribution in [-0.2, 0) is 14.6 Å². The third-order valence-electron chi connectivity index (χ3n) is 4.77. The van der Waals surface area contributed by atoms with Crippen LogP contribution in [0.15, 0.2) is 0 Å². The molecule has 4 atom stereocenters. The Kier molecular flexibility index (Phi) is 9.18. The Bertz CT molecular complexity index is 582. The second kappa shape index (κ2) is 10.4. The highest BCUT2D eigenvalue weighted by Gasteiger charge is 2.36. The summed E-state index contributed by atoms with van der Waals surface area (Å²) in [4.78, 5) is 23.2. The first-order valence-corrected chi connectivity index (χ1v) is 11.9. The number of amides is 2. The molecule has 0 aromatic carbocycles. The molecule has 0 aromatic heterocycles. The number of thioether (sulfide) groups is 1. The average Bonchev–Trinajstić information content (AvgIpc) is 2.53. The lowest BCUT2D eigenvalue weighted by molar-refractivity contribution is -0.123. The molecule has 0 heterocycles. The zero-order chi connectivity index (χ0) is 19.9. The molecule has 5 N–H and O–H groups in total. The Morgan fingerprint density at radius 3 is 2.46 bits per heavy atom. The van der Waals surface area contributed by atoms with Crippen molar-refractivity contribution in [1.82, 2.24) is 10.6 Å². The van der Waals surface area contributed by atoms with Crippen molar-refractivity contribution >= 4 is 33.6 Å². The minimum Gasteiger partial charge on any atom is -0.465 e. The molecule has 1 aliphatic carbocycles. The van der Waals surface area contributed by atoms with Crippen LogP contribution in [0.4, 0.5) is 4.79 Å². The lowest BCUT2D eigenvalue weighted by atomic mass is 9.82. The van der Waals surface area contributed by atoms with Crippen molar-refractivity contribution in [3.63, 3.8) is 0 Å². The first-order chi connectivity index (χ1) is 12.1. The van der Waals surface area contributed by atoms with Gasteiger partial charge in [-0.25, -0.2) is 13.2 Å². The zero-order valence-electron chi connectivity index (χ0n) is 15.6. The normalized spacial score (nSPS) is 24.9. The number of carbonyl (C=O) groups excluding carboxylic acids is 1. The molecule has 10 heteroatoms. The highest BCUT2D eigenvalue weighted by molar-refractivity contribution is 7.98. The van der Waals surface area contributed by atoms with Crippen molar-refractivity contribution < 1.29 is 23.1 Å². The number of nitrogens with two attached hydrogens (primary N) is 1. The number of hydrogen-bond acceptors (Lipinski definition) is 6. The van der Waals surface area contributed by atoms with Crippen LogP contribution in [0.2, 0.25) is 0 Å². The lowest BCUT2D eigenvalue weighted by Crippen LogP contribution is -2.53. The number of hydrogen-bond donors (Lipinski definition) is 4. The van der Waals surface area contributed by atoms with Crippen LogP contribution in [0.3, 0.4) is 0 Å². The van der Waals surface area contributed by atoms with Crippen molar-refractivity contribution in [3.8, 4) is 0 Å². The van der Waals surface area contributed by atoms with Gasteiger partial charge in [0.2, 0.25) is 5.91 Å². The summed E-state index contributed by atoms with van der Waals surface area (Å²) >= 11 is 1.61. The van der Waals surface area contributed by atoms with Gasteiger partial charge in [0.25, 0.3) is 0 Å². The van der Waals surface area contributed by atoms with E-state index in [2.05, 4.69) is 10.6 Å². The van der Waals surface area contributed by atoms with Crippen LogP contribution in [0.25, 0.3) is 0 Å². The fourth-order valence-electron chi connectivity index (χ4n) is 3.10. The maximum atomic E-state index is 12.4. The summed E-state index contributed by atoms with van der Waals surface area (Å²) < 4.78 is 24.7. The highest BCUT2D eigenvalue weighted by Crippen LogP contribution is 2.27. The van der Waals surface area contributed by atoms with E-state index in [0.717, 1.165) is 5.75 Å². The van der Waals surface area contributed by atoms with Gasteiger partial charge in [-0.15, -0.1) is 0 Å². The number of rotatable bonds is 9. The number of carboxylic acid groups (broad SMARTS) is 1. The molecule has 152 valence electrons. The second-order valence-electron chi connectivity index (χ2n) is 7.10. The summed E-state index contributed by atoms with van der Waals surface area (Å²) in [6.07, 6.45) is 2.82. The van der Waals surface area contributed by atoms with E-state index in [1.165, 1.54) is 0 Å². The predicted octanol–water partition coefficient (Wildman–Crippen LogP) is 0.811. The molecule has 0 bridgehead atoms. The lowest BCUT2D eigenvalue weighted by Gasteiger charge is -2.37. The van der Waals surface area contributed by atoms with Crippen LogP contribution in [0, 0.1) is 5.92 Å². The summed E-state index contributed by atoms with van der Waals surface area (Å²) in [5.41, 5.74) is 5.90. The van der Waals surface area contributed by atoms with E-state index >= 15 is 0 Å². The molecule has 2 amide bonds. The zero-order valence-corrected chi connectivity index (χ0v) is 17.2. The fourth-order valence-corrected chi connectivity index (χ4v) is 4.94. The molecule has 0 spiro atoms. The van der Waals surface area contributed by atoms with Crippen LogP contribution in [-0.4, -0.2) is 66.7 Å². The van der Waals surface area contributed by atoms with Gasteiger partial charge in [-0.05, 0) is 57.5 Å². The van der Waals surface area contributed by atoms with Crippen molar-refractivity contribution in [3.05, 3.63) is 0 Å². The number of sulfone groups is 1. The largest absolute Gasteiger partial charge is 0.465 e. The highest BCUT2D eigenvalue weighted by atomic mass is 32.2. The molecule has 0 unspecified atom stereocenters. The summed E-state index contributed by atoms with van der Waals surface area (Å²) in [5.74, 6) is 0.0768. The summed E-state index contributed by atoms with van der Waals surface area (Å²) in [7, 11) is -3.31. The average molecular weight is 410 g/mol. The molecule has 8 nitrogen and oxygen atoms in total. The van der Waals surface area contributed by atoms with Gasteiger partial charge in [-0.2, -0.15) is 11.8 Å². The Morgan fingerprint density at radius 1 is 1.27 bits per heavy atom. The van der Waals surface area contributed by atoms with E-state index in [1.54, 1.807) is 25.6 Å². The maximum Gasteiger partial charge on any atom is 0.404 e. The molecule has 1 aliphatic rings. The molecule has 0 radical (unpaired) electrons. The minimum absolute atomic E-state index is 0.0759. The molecule has 1 rings (SSSR count). The summed E-state index contributed by atoms with van der Waals surface area (Å²) in [6.45, 7) is 3.24. The Morgan fingerprint density at radius 2 is 1.92 bits per heavy atom. The van der Waals surface area contributed by atoms with Crippen molar-refractivity contribution in [2.45, 2.75) is 62.9 Å². The minimum atomic E-state index is -3.31.